The van der Waals surface area contributed by atoms with E-state index in [1.165, 1.54) is 19.4 Å². The first kappa shape index (κ1) is 19.4. The minimum atomic E-state index is -0.413. The fraction of sp³-hybridized carbons (Fsp3) is 0.150. The molecule has 0 spiro atoms. The molecule has 2 N–H and O–H groups in total. The molecule has 0 bridgehead atoms. The van der Waals surface area contributed by atoms with E-state index >= 15 is 0 Å². The Labute approximate surface area is 167 Å². The fourth-order valence-electron chi connectivity index (χ4n) is 2.48. The molecule has 0 atom stereocenters. The van der Waals surface area contributed by atoms with Crippen LogP contribution in [0.15, 0.2) is 54.7 Å². The molecule has 0 radical (unpaired) electrons. The molecule has 8 heteroatoms. The van der Waals surface area contributed by atoms with Crippen LogP contribution in [0, 0.1) is 0 Å². The molecular formula is C20H19ClN4O3. The highest BCUT2D eigenvalue weighted by atomic mass is 35.5. The topological polar surface area (TPSA) is 85.4 Å². The summed E-state index contributed by atoms with van der Waals surface area (Å²) in [6.07, 6.45) is 1.50. The summed E-state index contributed by atoms with van der Waals surface area (Å²) in [5.74, 6) is 1.03. The SMILES string of the molecule is CCOc1ccccc1Nc1nccc(C(=O)Nc2cc(Cl)ccc2OC)n1. The maximum absolute atomic E-state index is 12.6. The average molecular weight is 399 g/mol. The van der Waals surface area contributed by atoms with Gasteiger partial charge in [-0.05, 0) is 43.3 Å². The van der Waals surface area contributed by atoms with Gasteiger partial charge in [0.25, 0.3) is 5.91 Å². The molecule has 0 fully saturated rings. The van der Waals surface area contributed by atoms with Crippen molar-refractivity contribution < 1.29 is 14.3 Å². The molecule has 0 aliphatic heterocycles. The van der Waals surface area contributed by atoms with Crippen LogP contribution in [0.4, 0.5) is 17.3 Å². The van der Waals surface area contributed by atoms with Crippen molar-refractivity contribution in [1.82, 2.24) is 9.97 Å². The second-order valence-electron chi connectivity index (χ2n) is 5.62. The van der Waals surface area contributed by atoms with Gasteiger partial charge in [0.2, 0.25) is 5.95 Å². The van der Waals surface area contributed by atoms with Gasteiger partial charge in [0.1, 0.15) is 17.2 Å². The van der Waals surface area contributed by atoms with E-state index in [4.69, 9.17) is 21.1 Å². The number of hydrogen-bond acceptors (Lipinski definition) is 6. The number of benzene rings is 2. The third-order valence-corrected chi connectivity index (χ3v) is 3.97. The lowest BCUT2D eigenvalue weighted by Crippen LogP contribution is -2.15. The Hall–Kier alpha value is -3.32. The smallest absolute Gasteiger partial charge is 0.274 e. The Balaban J connectivity index is 1.80. The predicted molar refractivity (Wildman–Crippen MR) is 109 cm³/mol. The van der Waals surface area contributed by atoms with Crippen molar-refractivity contribution in [2.24, 2.45) is 0 Å². The zero-order valence-corrected chi connectivity index (χ0v) is 16.2. The zero-order chi connectivity index (χ0) is 19.9. The van der Waals surface area contributed by atoms with Crippen molar-refractivity contribution in [3.05, 3.63) is 65.4 Å². The molecule has 28 heavy (non-hydrogen) atoms. The highest BCUT2D eigenvalue weighted by molar-refractivity contribution is 6.31. The minimum Gasteiger partial charge on any atom is -0.495 e. The number of anilines is 3. The minimum absolute atomic E-state index is 0.188. The fourth-order valence-corrected chi connectivity index (χ4v) is 2.65. The van der Waals surface area contributed by atoms with Gasteiger partial charge in [0, 0.05) is 11.2 Å². The van der Waals surface area contributed by atoms with Crippen LogP contribution in [0.5, 0.6) is 11.5 Å². The number of rotatable bonds is 7. The summed E-state index contributed by atoms with van der Waals surface area (Å²) in [4.78, 5) is 21.1. The molecule has 0 saturated heterocycles. The number of aromatic nitrogens is 2. The maximum Gasteiger partial charge on any atom is 0.274 e. The van der Waals surface area contributed by atoms with Crippen molar-refractivity contribution in [2.75, 3.05) is 24.4 Å². The monoisotopic (exact) mass is 398 g/mol. The number of carbonyl (C=O) groups excluding carboxylic acids is 1. The largest absolute Gasteiger partial charge is 0.495 e. The van der Waals surface area contributed by atoms with Crippen molar-refractivity contribution >= 4 is 34.8 Å². The standard InChI is InChI=1S/C20H19ClN4O3/c1-3-28-18-7-5-4-6-14(18)24-20-22-11-10-15(25-20)19(26)23-16-12-13(21)8-9-17(16)27-2/h4-12H,3H2,1-2H3,(H,23,26)(H,22,24,25). The van der Waals surface area contributed by atoms with Crippen LogP contribution >= 0.6 is 11.6 Å². The highest BCUT2D eigenvalue weighted by Gasteiger charge is 2.13. The molecule has 0 saturated carbocycles. The predicted octanol–water partition coefficient (Wildman–Crippen LogP) is 4.53. The molecule has 0 unspecified atom stereocenters. The normalized spacial score (nSPS) is 10.2. The molecule has 7 nitrogen and oxygen atoms in total. The number of para-hydroxylation sites is 2. The van der Waals surface area contributed by atoms with E-state index in [1.54, 1.807) is 18.2 Å². The van der Waals surface area contributed by atoms with Crippen molar-refractivity contribution in [2.45, 2.75) is 6.92 Å². The second-order valence-corrected chi connectivity index (χ2v) is 6.05. The van der Waals surface area contributed by atoms with Crippen LogP contribution in [0.1, 0.15) is 17.4 Å². The van der Waals surface area contributed by atoms with Gasteiger partial charge in [-0.15, -0.1) is 0 Å². The maximum atomic E-state index is 12.6. The van der Waals surface area contributed by atoms with Gasteiger partial charge in [-0.25, -0.2) is 9.97 Å². The Morgan fingerprint density at radius 2 is 1.93 bits per heavy atom. The van der Waals surface area contributed by atoms with E-state index in [1.807, 2.05) is 31.2 Å². The van der Waals surface area contributed by atoms with Gasteiger partial charge >= 0.3 is 0 Å². The third-order valence-electron chi connectivity index (χ3n) is 3.73. The molecule has 1 heterocycles. The molecular weight excluding hydrogens is 380 g/mol. The lowest BCUT2D eigenvalue weighted by molar-refractivity contribution is 0.102. The molecule has 1 amide bonds. The second kappa shape index (κ2) is 9.05. The van der Waals surface area contributed by atoms with E-state index in [9.17, 15) is 4.79 Å². The zero-order valence-electron chi connectivity index (χ0n) is 15.4. The van der Waals surface area contributed by atoms with Crippen LogP contribution < -0.4 is 20.1 Å². The summed E-state index contributed by atoms with van der Waals surface area (Å²) in [6, 6.07) is 13.9. The first-order valence-corrected chi connectivity index (χ1v) is 8.95. The number of nitrogens with one attached hydrogen (secondary N) is 2. The molecule has 0 aliphatic carbocycles. The first-order chi connectivity index (χ1) is 13.6. The lowest BCUT2D eigenvalue weighted by Gasteiger charge is -2.12. The van der Waals surface area contributed by atoms with Crippen LogP contribution in [0.25, 0.3) is 0 Å². The van der Waals surface area contributed by atoms with Gasteiger partial charge in [0.05, 0.1) is 25.1 Å². The first-order valence-electron chi connectivity index (χ1n) is 8.57. The number of ether oxygens (including phenoxy) is 2. The molecule has 3 aromatic rings. The summed E-state index contributed by atoms with van der Waals surface area (Å²) in [5.41, 5.74) is 1.35. The number of nitrogens with zero attached hydrogens (tertiary/aromatic N) is 2. The molecule has 144 valence electrons. The van der Waals surface area contributed by atoms with Gasteiger partial charge in [0.15, 0.2) is 0 Å². The quantitative estimate of drug-likeness (QED) is 0.608. The summed E-state index contributed by atoms with van der Waals surface area (Å²) in [5, 5.41) is 6.31. The average Bonchev–Trinajstić information content (AvgIpc) is 2.70. The number of amides is 1. The number of carbonyl (C=O) groups is 1. The molecule has 0 aliphatic rings. The Morgan fingerprint density at radius 3 is 2.71 bits per heavy atom. The summed E-state index contributed by atoms with van der Waals surface area (Å²) < 4.78 is 10.8. The Morgan fingerprint density at radius 1 is 1.11 bits per heavy atom. The number of halogens is 1. The van der Waals surface area contributed by atoms with Crippen molar-refractivity contribution in [1.29, 1.82) is 0 Å². The van der Waals surface area contributed by atoms with E-state index < -0.39 is 5.91 Å². The van der Waals surface area contributed by atoms with E-state index in [0.717, 1.165) is 0 Å². The Kier molecular flexibility index (Phi) is 6.29. The number of methoxy groups -OCH3 is 1. The number of hydrogen-bond donors (Lipinski definition) is 2. The summed E-state index contributed by atoms with van der Waals surface area (Å²) >= 11 is 6.00. The molecule has 1 aromatic heterocycles. The van der Waals surface area contributed by atoms with Crippen LogP contribution in [0.2, 0.25) is 5.02 Å². The van der Waals surface area contributed by atoms with Crippen LogP contribution in [0.3, 0.4) is 0 Å². The van der Waals surface area contributed by atoms with Gasteiger partial charge in [-0.2, -0.15) is 0 Å². The summed E-state index contributed by atoms with van der Waals surface area (Å²) in [6.45, 7) is 2.44. The highest BCUT2D eigenvalue weighted by Crippen LogP contribution is 2.28. The van der Waals surface area contributed by atoms with Crippen LogP contribution in [-0.2, 0) is 0 Å². The van der Waals surface area contributed by atoms with Gasteiger partial charge in [-0.1, -0.05) is 23.7 Å². The Bertz CT molecular complexity index is 981. The molecule has 3 rings (SSSR count). The lowest BCUT2D eigenvalue weighted by atomic mass is 10.2. The van der Waals surface area contributed by atoms with Crippen molar-refractivity contribution in [3.63, 3.8) is 0 Å². The van der Waals surface area contributed by atoms with Gasteiger partial charge in [-0.3, -0.25) is 4.79 Å². The van der Waals surface area contributed by atoms with E-state index in [2.05, 4.69) is 20.6 Å². The van der Waals surface area contributed by atoms with Gasteiger partial charge < -0.3 is 20.1 Å². The van der Waals surface area contributed by atoms with E-state index in [0.29, 0.717) is 34.5 Å². The molecule has 2 aromatic carbocycles. The summed E-state index contributed by atoms with van der Waals surface area (Å²) in [7, 11) is 1.52. The van der Waals surface area contributed by atoms with Crippen LogP contribution in [-0.4, -0.2) is 29.6 Å². The van der Waals surface area contributed by atoms with E-state index in [-0.39, 0.29) is 11.6 Å². The van der Waals surface area contributed by atoms with Crippen molar-refractivity contribution in [3.8, 4) is 11.5 Å². The third kappa shape index (κ3) is 4.69.